The van der Waals surface area contributed by atoms with E-state index in [-0.39, 0.29) is 6.04 Å². The Labute approximate surface area is 128 Å². The van der Waals surface area contributed by atoms with E-state index in [1.807, 2.05) is 30.3 Å². The van der Waals surface area contributed by atoms with Crippen molar-refractivity contribution in [1.29, 1.82) is 0 Å². The average Bonchev–Trinajstić information content (AvgIpc) is 2.49. The van der Waals surface area contributed by atoms with Gasteiger partial charge in [-0.05, 0) is 17.9 Å². The molecule has 21 heavy (non-hydrogen) atoms. The van der Waals surface area contributed by atoms with Gasteiger partial charge in [-0.1, -0.05) is 62.4 Å². The van der Waals surface area contributed by atoms with Crippen LogP contribution < -0.4 is 11.6 Å². The lowest BCUT2D eigenvalue weighted by Gasteiger charge is -2.29. The maximum Gasteiger partial charge on any atom is 0.0831 e. The zero-order valence-corrected chi connectivity index (χ0v) is 12.8. The SMILES string of the molecule is NC(CC1CCCCC1)C(O)CN(N)Cc1ccccc1. The Bertz CT molecular complexity index is 392. The van der Waals surface area contributed by atoms with Gasteiger partial charge in [0.2, 0.25) is 0 Å². The van der Waals surface area contributed by atoms with Crippen molar-refractivity contribution in [3.63, 3.8) is 0 Å². The maximum absolute atomic E-state index is 10.3. The summed E-state index contributed by atoms with van der Waals surface area (Å²) in [6, 6.07) is 9.87. The highest BCUT2D eigenvalue weighted by molar-refractivity contribution is 5.14. The fourth-order valence-corrected chi connectivity index (χ4v) is 3.22. The second-order valence-electron chi connectivity index (χ2n) is 6.39. The molecule has 2 rings (SSSR count). The molecule has 0 radical (unpaired) electrons. The van der Waals surface area contributed by atoms with Crippen molar-refractivity contribution in [3.05, 3.63) is 35.9 Å². The van der Waals surface area contributed by atoms with Crippen molar-refractivity contribution in [2.45, 2.75) is 57.2 Å². The van der Waals surface area contributed by atoms with E-state index in [1.54, 1.807) is 5.01 Å². The third kappa shape index (κ3) is 5.75. The van der Waals surface area contributed by atoms with Crippen LogP contribution in [0.4, 0.5) is 0 Å². The summed E-state index contributed by atoms with van der Waals surface area (Å²) in [6.07, 6.45) is 6.85. The second kappa shape index (κ2) is 8.49. The zero-order valence-electron chi connectivity index (χ0n) is 12.8. The summed E-state index contributed by atoms with van der Waals surface area (Å²) in [7, 11) is 0. The van der Waals surface area contributed by atoms with Gasteiger partial charge in [0, 0.05) is 19.1 Å². The third-order valence-electron chi connectivity index (χ3n) is 4.47. The Kier molecular flexibility index (Phi) is 6.64. The van der Waals surface area contributed by atoms with Crippen LogP contribution in [-0.4, -0.2) is 28.8 Å². The molecular weight excluding hydrogens is 262 g/mol. The number of hydrogen-bond donors (Lipinski definition) is 3. The summed E-state index contributed by atoms with van der Waals surface area (Å²) in [5.74, 6) is 6.68. The van der Waals surface area contributed by atoms with E-state index < -0.39 is 6.10 Å². The smallest absolute Gasteiger partial charge is 0.0831 e. The van der Waals surface area contributed by atoms with Crippen molar-refractivity contribution in [3.8, 4) is 0 Å². The molecule has 0 saturated heterocycles. The molecule has 0 aliphatic heterocycles. The topological polar surface area (TPSA) is 75.5 Å². The second-order valence-corrected chi connectivity index (χ2v) is 6.39. The Hall–Kier alpha value is -0.940. The van der Waals surface area contributed by atoms with Crippen LogP contribution in [0.1, 0.15) is 44.1 Å². The molecule has 2 atom stereocenters. The van der Waals surface area contributed by atoms with Gasteiger partial charge < -0.3 is 10.8 Å². The van der Waals surface area contributed by atoms with Crippen LogP contribution in [-0.2, 0) is 6.54 Å². The van der Waals surface area contributed by atoms with Gasteiger partial charge in [-0.2, -0.15) is 0 Å². The first kappa shape index (κ1) is 16.4. The van der Waals surface area contributed by atoms with Gasteiger partial charge in [0.1, 0.15) is 0 Å². The first-order valence-corrected chi connectivity index (χ1v) is 8.12. The van der Waals surface area contributed by atoms with E-state index in [9.17, 15) is 5.11 Å². The molecule has 0 amide bonds. The third-order valence-corrected chi connectivity index (χ3v) is 4.47. The number of rotatable bonds is 7. The minimum Gasteiger partial charge on any atom is -0.390 e. The molecule has 1 aromatic carbocycles. The van der Waals surface area contributed by atoms with Crippen molar-refractivity contribution >= 4 is 0 Å². The van der Waals surface area contributed by atoms with Crippen molar-refractivity contribution in [2.24, 2.45) is 17.5 Å². The summed E-state index contributed by atoms with van der Waals surface area (Å²) in [6.45, 7) is 1.05. The van der Waals surface area contributed by atoms with Gasteiger partial charge in [0.05, 0.1) is 6.10 Å². The van der Waals surface area contributed by atoms with Gasteiger partial charge in [0.15, 0.2) is 0 Å². The molecule has 1 fully saturated rings. The molecule has 2 unspecified atom stereocenters. The number of aliphatic hydroxyl groups excluding tert-OH is 1. The molecule has 1 aliphatic rings. The Morgan fingerprint density at radius 3 is 2.48 bits per heavy atom. The molecular formula is C17H29N3O. The minimum absolute atomic E-state index is 0.171. The number of nitrogens with two attached hydrogens (primary N) is 2. The van der Waals surface area contributed by atoms with Gasteiger partial charge in [-0.25, -0.2) is 5.01 Å². The number of hydrogen-bond acceptors (Lipinski definition) is 4. The predicted octanol–water partition coefficient (Wildman–Crippen LogP) is 2.02. The Morgan fingerprint density at radius 1 is 1.14 bits per heavy atom. The monoisotopic (exact) mass is 291 g/mol. The molecule has 1 aromatic rings. The molecule has 4 heteroatoms. The number of benzene rings is 1. The summed E-state index contributed by atoms with van der Waals surface area (Å²) in [5.41, 5.74) is 7.30. The fourth-order valence-electron chi connectivity index (χ4n) is 3.22. The lowest BCUT2D eigenvalue weighted by atomic mass is 9.84. The summed E-state index contributed by atoms with van der Waals surface area (Å²) in [5, 5.41) is 11.9. The van der Waals surface area contributed by atoms with E-state index in [0.717, 1.165) is 12.0 Å². The molecule has 1 saturated carbocycles. The maximum atomic E-state index is 10.3. The first-order valence-electron chi connectivity index (χ1n) is 8.12. The lowest BCUT2D eigenvalue weighted by Crippen LogP contribution is -2.46. The minimum atomic E-state index is -0.555. The van der Waals surface area contributed by atoms with E-state index >= 15 is 0 Å². The fraction of sp³-hybridized carbons (Fsp3) is 0.647. The average molecular weight is 291 g/mol. The molecule has 118 valence electrons. The first-order chi connectivity index (χ1) is 10.1. The Balaban J connectivity index is 1.73. The van der Waals surface area contributed by atoms with Crippen LogP contribution in [0, 0.1) is 5.92 Å². The van der Waals surface area contributed by atoms with Crippen LogP contribution in [0.25, 0.3) is 0 Å². The highest BCUT2D eigenvalue weighted by atomic mass is 16.3. The molecule has 5 N–H and O–H groups in total. The summed E-state index contributed by atoms with van der Waals surface area (Å²) >= 11 is 0. The van der Waals surface area contributed by atoms with E-state index in [1.165, 1.54) is 32.1 Å². The molecule has 0 bridgehead atoms. The zero-order chi connectivity index (χ0) is 15.1. The largest absolute Gasteiger partial charge is 0.390 e. The lowest BCUT2D eigenvalue weighted by molar-refractivity contribution is 0.0775. The van der Waals surface area contributed by atoms with Crippen molar-refractivity contribution in [1.82, 2.24) is 5.01 Å². The van der Waals surface area contributed by atoms with Crippen LogP contribution in [0.5, 0.6) is 0 Å². The van der Waals surface area contributed by atoms with E-state index in [0.29, 0.717) is 19.0 Å². The van der Waals surface area contributed by atoms with Crippen LogP contribution in [0.3, 0.4) is 0 Å². The van der Waals surface area contributed by atoms with Crippen molar-refractivity contribution in [2.75, 3.05) is 6.54 Å². The van der Waals surface area contributed by atoms with E-state index in [2.05, 4.69) is 0 Å². The van der Waals surface area contributed by atoms with Crippen LogP contribution in [0.15, 0.2) is 30.3 Å². The quantitative estimate of drug-likeness (QED) is 0.531. The standard InChI is InChI=1S/C17H29N3O/c18-16(11-14-7-3-1-4-8-14)17(21)13-20(19)12-15-9-5-2-6-10-15/h2,5-6,9-10,14,16-17,21H,1,3-4,7-8,11-13,18-19H2. The number of hydrazine groups is 1. The van der Waals surface area contributed by atoms with Gasteiger partial charge in [-0.3, -0.25) is 5.84 Å². The normalized spacial score (nSPS) is 19.6. The van der Waals surface area contributed by atoms with Crippen LogP contribution in [0.2, 0.25) is 0 Å². The van der Waals surface area contributed by atoms with Gasteiger partial charge in [-0.15, -0.1) is 0 Å². The molecule has 0 spiro atoms. The molecule has 0 heterocycles. The van der Waals surface area contributed by atoms with Crippen LogP contribution >= 0.6 is 0 Å². The molecule has 4 nitrogen and oxygen atoms in total. The summed E-state index contributed by atoms with van der Waals surface area (Å²) in [4.78, 5) is 0. The van der Waals surface area contributed by atoms with E-state index in [4.69, 9.17) is 11.6 Å². The Morgan fingerprint density at radius 2 is 1.81 bits per heavy atom. The molecule has 0 aromatic heterocycles. The van der Waals surface area contributed by atoms with Gasteiger partial charge >= 0.3 is 0 Å². The highest BCUT2D eigenvalue weighted by Gasteiger charge is 2.22. The summed E-state index contributed by atoms with van der Waals surface area (Å²) < 4.78 is 0. The van der Waals surface area contributed by atoms with Crippen molar-refractivity contribution < 1.29 is 5.11 Å². The molecule has 1 aliphatic carbocycles. The predicted molar refractivity (Wildman–Crippen MR) is 86.2 cm³/mol. The number of nitrogens with zero attached hydrogens (tertiary/aromatic N) is 1. The highest BCUT2D eigenvalue weighted by Crippen LogP contribution is 2.27. The van der Waals surface area contributed by atoms with Gasteiger partial charge in [0.25, 0.3) is 0 Å². The number of aliphatic hydroxyl groups is 1.